The number of nitrogens with zero attached hydrogens (tertiary/aromatic N) is 6. The minimum Gasteiger partial charge on any atom is -0.383 e. The van der Waals surface area contributed by atoms with Crippen molar-refractivity contribution >= 4 is 17.6 Å². The van der Waals surface area contributed by atoms with E-state index in [9.17, 15) is 9.59 Å². The summed E-state index contributed by atoms with van der Waals surface area (Å²) in [5, 5.41) is 4.26. The highest BCUT2D eigenvalue weighted by atomic mass is 16.5. The van der Waals surface area contributed by atoms with Crippen LogP contribution in [0.25, 0.3) is 0 Å². The third kappa shape index (κ3) is 3.19. The van der Waals surface area contributed by atoms with E-state index in [2.05, 4.69) is 5.10 Å². The number of likely N-dealkylation sites (tertiary alicyclic amines) is 1. The molecule has 2 amide bonds. The van der Waals surface area contributed by atoms with Gasteiger partial charge in [0, 0.05) is 38.2 Å². The lowest BCUT2D eigenvalue weighted by Gasteiger charge is -2.34. The van der Waals surface area contributed by atoms with Crippen molar-refractivity contribution in [3.05, 3.63) is 35.0 Å². The molecule has 2 aliphatic rings. The summed E-state index contributed by atoms with van der Waals surface area (Å²) in [5.74, 6) is 1.10. The summed E-state index contributed by atoms with van der Waals surface area (Å²) in [6.45, 7) is 5.41. The Morgan fingerprint density at radius 3 is 2.83 bits per heavy atom. The molecular weight excluding hydrogens is 372 g/mol. The summed E-state index contributed by atoms with van der Waals surface area (Å²) >= 11 is 0. The molecule has 2 aromatic rings. The molecule has 0 bridgehead atoms. The number of methoxy groups -OCH3 is 1. The molecule has 0 saturated carbocycles. The Labute approximate surface area is 169 Å². The van der Waals surface area contributed by atoms with E-state index in [0.717, 1.165) is 24.1 Å². The summed E-state index contributed by atoms with van der Waals surface area (Å²) in [6.07, 6.45) is 3.69. The van der Waals surface area contributed by atoms with Gasteiger partial charge in [0.25, 0.3) is 5.91 Å². The molecule has 4 heterocycles. The zero-order valence-electron chi connectivity index (χ0n) is 17.3. The molecule has 0 radical (unpaired) electrons. The van der Waals surface area contributed by atoms with Crippen LogP contribution in [0.5, 0.6) is 0 Å². The van der Waals surface area contributed by atoms with Crippen molar-refractivity contribution in [2.24, 2.45) is 7.05 Å². The van der Waals surface area contributed by atoms with Crippen molar-refractivity contribution in [2.75, 3.05) is 31.7 Å². The number of carbonyl (C=O) groups is 2. The van der Waals surface area contributed by atoms with Crippen molar-refractivity contribution in [2.45, 2.75) is 38.6 Å². The first-order valence-corrected chi connectivity index (χ1v) is 9.84. The van der Waals surface area contributed by atoms with Gasteiger partial charge in [0.05, 0.1) is 19.6 Å². The molecule has 9 nitrogen and oxygen atoms in total. The zero-order valence-corrected chi connectivity index (χ0v) is 17.3. The fraction of sp³-hybridized carbons (Fsp3) is 0.550. The summed E-state index contributed by atoms with van der Waals surface area (Å²) in [5.41, 5.74) is 1.42. The van der Waals surface area contributed by atoms with E-state index >= 15 is 0 Å². The lowest BCUT2D eigenvalue weighted by atomic mass is 9.96. The van der Waals surface area contributed by atoms with Crippen molar-refractivity contribution in [3.8, 4) is 0 Å². The smallest absolute Gasteiger partial charge is 0.275 e. The Bertz CT molecular complexity index is 971. The van der Waals surface area contributed by atoms with Gasteiger partial charge in [-0.2, -0.15) is 5.10 Å². The summed E-state index contributed by atoms with van der Waals surface area (Å²) in [6, 6.07) is 1.72. The fourth-order valence-corrected chi connectivity index (χ4v) is 4.22. The average molecular weight is 398 g/mol. The number of anilines is 1. The molecule has 0 aliphatic carbocycles. The molecule has 29 heavy (non-hydrogen) atoms. The highest BCUT2D eigenvalue weighted by molar-refractivity contribution is 6.00. The molecule has 2 aliphatic heterocycles. The zero-order chi connectivity index (χ0) is 20.8. The van der Waals surface area contributed by atoms with Gasteiger partial charge in [0.1, 0.15) is 17.1 Å². The third-order valence-corrected chi connectivity index (χ3v) is 5.90. The van der Waals surface area contributed by atoms with E-state index < -0.39 is 5.54 Å². The standard InChI is InChI=1S/C20H26N6O3/c1-13-14-12-16(27)25(10-11-29-4)17(14)22-19(21-13)20(2)7-5-8-26(20)18(28)15-6-9-24(3)23-15/h6,9H,5,7-8,10-12H2,1-4H3. The highest BCUT2D eigenvalue weighted by Crippen LogP contribution is 2.40. The van der Waals surface area contributed by atoms with Crippen LogP contribution in [0.15, 0.2) is 12.3 Å². The molecule has 4 rings (SSSR count). The Morgan fingerprint density at radius 1 is 1.34 bits per heavy atom. The van der Waals surface area contributed by atoms with Crippen molar-refractivity contribution in [1.29, 1.82) is 0 Å². The van der Waals surface area contributed by atoms with Crippen LogP contribution < -0.4 is 4.90 Å². The van der Waals surface area contributed by atoms with Gasteiger partial charge in [0.2, 0.25) is 5.91 Å². The van der Waals surface area contributed by atoms with Crippen LogP contribution in [0.4, 0.5) is 5.82 Å². The van der Waals surface area contributed by atoms with Crippen molar-refractivity contribution < 1.29 is 14.3 Å². The Morgan fingerprint density at radius 2 is 2.14 bits per heavy atom. The minimum atomic E-state index is -0.646. The normalized spacial score (nSPS) is 21.2. The molecule has 9 heteroatoms. The first kappa shape index (κ1) is 19.5. The largest absolute Gasteiger partial charge is 0.383 e. The molecule has 1 atom stereocenters. The molecule has 0 aromatic carbocycles. The number of hydrogen-bond acceptors (Lipinski definition) is 6. The predicted octanol–water partition coefficient (Wildman–Crippen LogP) is 1.21. The van der Waals surface area contributed by atoms with E-state index in [1.165, 1.54) is 0 Å². The quantitative estimate of drug-likeness (QED) is 0.751. The molecular formula is C20H26N6O3. The number of ether oxygens (including phenoxy) is 1. The van der Waals surface area contributed by atoms with Crippen LogP contribution in [-0.2, 0) is 28.5 Å². The maximum Gasteiger partial charge on any atom is 0.275 e. The number of aromatic nitrogens is 4. The van der Waals surface area contributed by atoms with Crippen LogP contribution >= 0.6 is 0 Å². The first-order valence-electron chi connectivity index (χ1n) is 9.84. The molecule has 0 spiro atoms. The fourth-order valence-electron chi connectivity index (χ4n) is 4.22. The molecule has 1 saturated heterocycles. The van der Waals surface area contributed by atoms with Crippen LogP contribution in [0.1, 0.15) is 47.3 Å². The topological polar surface area (TPSA) is 93.5 Å². The number of aryl methyl sites for hydroxylation is 2. The minimum absolute atomic E-state index is 0.00425. The number of carbonyl (C=O) groups excluding carboxylic acids is 2. The third-order valence-electron chi connectivity index (χ3n) is 5.90. The van der Waals surface area contributed by atoms with Gasteiger partial charge in [-0.1, -0.05) is 0 Å². The molecule has 0 N–H and O–H groups in total. The summed E-state index contributed by atoms with van der Waals surface area (Å²) < 4.78 is 6.77. The van der Waals surface area contributed by atoms with Crippen LogP contribution in [0.2, 0.25) is 0 Å². The molecule has 1 unspecified atom stereocenters. The van der Waals surface area contributed by atoms with E-state index in [1.807, 2.05) is 18.7 Å². The van der Waals surface area contributed by atoms with E-state index in [0.29, 0.717) is 43.5 Å². The van der Waals surface area contributed by atoms with Gasteiger partial charge in [-0.15, -0.1) is 0 Å². The number of rotatable bonds is 5. The lowest BCUT2D eigenvalue weighted by Crippen LogP contribution is -2.44. The Balaban J connectivity index is 1.72. The number of fused-ring (bicyclic) bond motifs is 1. The van der Waals surface area contributed by atoms with Crippen molar-refractivity contribution in [3.63, 3.8) is 0 Å². The lowest BCUT2D eigenvalue weighted by molar-refractivity contribution is -0.117. The summed E-state index contributed by atoms with van der Waals surface area (Å²) in [4.78, 5) is 38.6. The van der Waals surface area contributed by atoms with Crippen molar-refractivity contribution in [1.82, 2.24) is 24.6 Å². The van der Waals surface area contributed by atoms with Gasteiger partial charge in [-0.3, -0.25) is 19.2 Å². The van der Waals surface area contributed by atoms with Gasteiger partial charge in [-0.25, -0.2) is 9.97 Å². The molecule has 1 fully saturated rings. The number of amides is 2. The van der Waals surface area contributed by atoms with E-state index in [-0.39, 0.29) is 11.8 Å². The van der Waals surface area contributed by atoms with Crippen LogP contribution in [-0.4, -0.2) is 63.3 Å². The Hall–Kier alpha value is -2.81. The monoisotopic (exact) mass is 398 g/mol. The predicted molar refractivity (Wildman–Crippen MR) is 106 cm³/mol. The second kappa shape index (κ2) is 7.22. The highest BCUT2D eigenvalue weighted by Gasteiger charge is 2.45. The first-order chi connectivity index (χ1) is 13.8. The van der Waals surface area contributed by atoms with E-state index in [4.69, 9.17) is 14.7 Å². The SMILES string of the molecule is COCCN1C(=O)Cc2c(C)nc(C3(C)CCCN3C(=O)c3ccn(C)n3)nc21. The van der Waals surface area contributed by atoms with Gasteiger partial charge in [0.15, 0.2) is 5.82 Å². The second-order valence-electron chi connectivity index (χ2n) is 7.86. The van der Waals surface area contributed by atoms with E-state index in [1.54, 1.807) is 36.0 Å². The maximum atomic E-state index is 13.1. The van der Waals surface area contributed by atoms with Crippen LogP contribution in [0, 0.1) is 6.92 Å². The Kier molecular flexibility index (Phi) is 4.85. The second-order valence-corrected chi connectivity index (χ2v) is 7.86. The van der Waals surface area contributed by atoms with Gasteiger partial charge >= 0.3 is 0 Å². The molecule has 154 valence electrons. The summed E-state index contributed by atoms with van der Waals surface area (Å²) in [7, 11) is 3.40. The number of hydrogen-bond donors (Lipinski definition) is 0. The van der Waals surface area contributed by atoms with Gasteiger partial charge < -0.3 is 9.64 Å². The average Bonchev–Trinajstić information content (AvgIpc) is 3.37. The van der Waals surface area contributed by atoms with Crippen LogP contribution in [0.3, 0.4) is 0 Å². The molecule has 2 aromatic heterocycles. The van der Waals surface area contributed by atoms with Gasteiger partial charge in [-0.05, 0) is 32.8 Å². The maximum absolute atomic E-state index is 13.1.